The van der Waals surface area contributed by atoms with Crippen LogP contribution in [-0.4, -0.2) is 34.8 Å². The first kappa shape index (κ1) is 18.4. The second kappa shape index (κ2) is 7.06. The van der Waals surface area contributed by atoms with Gasteiger partial charge in [0.05, 0.1) is 5.92 Å². The largest absolute Gasteiger partial charge is 0.481 e. The van der Waals surface area contributed by atoms with Crippen molar-refractivity contribution in [2.24, 2.45) is 11.7 Å². The van der Waals surface area contributed by atoms with Gasteiger partial charge in [-0.25, -0.2) is 4.39 Å². The molecule has 25 heavy (non-hydrogen) atoms. The highest BCUT2D eigenvalue weighted by atomic mass is 19.1. The van der Waals surface area contributed by atoms with Crippen molar-refractivity contribution < 1.29 is 24.3 Å². The Kier molecular flexibility index (Phi) is 5.18. The summed E-state index contributed by atoms with van der Waals surface area (Å²) in [5.41, 5.74) is 7.59. The zero-order chi connectivity index (χ0) is 18.2. The summed E-state index contributed by atoms with van der Waals surface area (Å²) in [4.78, 5) is 11.9. The maximum absolute atomic E-state index is 14.7. The van der Waals surface area contributed by atoms with Crippen molar-refractivity contribution in [2.45, 2.75) is 56.2 Å². The van der Waals surface area contributed by atoms with Gasteiger partial charge in [-0.05, 0) is 60.7 Å². The van der Waals surface area contributed by atoms with Gasteiger partial charge in [-0.1, -0.05) is 18.9 Å². The fourth-order valence-corrected chi connectivity index (χ4v) is 4.51. The third kappa shape index (κ3) is 3.33. The first-order valence-electron chi connectivity index (χ1n) is 9.00. The van der Waals surface area contributed by atoms with Crippen LogP contribution in [0, 0.1) is 11.7 Å². The lowest BCUT2D eigenvalue weighted by atomic mass is 9.64. The van der Waals surface area contributed by atoms with Gasteiger partial charge in [-0.15, -0.1) is 0 Å². The Bertz CT molecular complexity index is 657. The van der Waals surface area contributed by atoms with Crippen LogP contribution >= 0.6 is 0 Å². The Hall–Kier alpha value is -1.44. The molecule has 0 radical (unpaired) electrons. The number of hydrogen-bond acceptors (Lipinski definition) is 4. The first-order valence-corrected chi connectivity index (χ1v) is 9.00. The van der Waals surface area contributed by atoms with Crippen molar-refractivity contribution >= 4 is 13.1 Å². The van der Waals surface area contributed by atoms with Gasteiger partial charge in [0.15, 0.2) is 0 Å². The van der Waals surface area contributed by atoms with Crippen LogP contribution in [0.15, 0.2) is 12.1 Å². The average molecular weight is 349 g/mol. The first-order chi connectivity index (χ1) is 11.9. The summed E-state index contributed by atoms with van der Waals surface area (Å²) in [5, 5.41) is 27.7. The van der Waals surface area contributed by atoms with E-state index in [4.69, 9.17) is 15.8 Å². The van der Waals surface area contributed by atoms with E-state index in [-0.39, 0.29) is 23.5 Å². The molecule has 1 saturated carbocycles. The van der Waals surface area contributed by atoms with Gasteiger partial charge in [0.1, 0.15) is 5.82 Å². The molecular weight excluding hydrogens is 324 g/mol. The molecule has 1 aromatic carbocycles. The molecular formula is C18H25BFNO4. The van der Waals surface area contributed by atoms with Crippen LogP contribution in [0.5, 0.6) is 0 Å². The van der Waals surface area contributed by atoms with Gasteiger partial charge in [-0.2, -0.15) is 0 Å². The SMILES string of the molecule is NCC1(c2cc3c(cc2F)CC(CCCB(O)O)C3C(=O)O)CCC1. The molecule has 0 heterocycles. The molecule has 2 aliphatic carbocycles. The predicted molar refractivity (Wildman–Crippen MR) is 92.8 cm³/mol. The van der Waals surface area contributed by atoms with Crippen LogP contribution in [0.1, 0.15) is 54.7 Å². The molecule has 5 nitrogen and oxygen atoms in total. The van der Waals surface area contributed by atoms with Crippen molar-refractivity contribution in [1.82, 2.24) is 0 Å². The normalized spacial score (nSPS) is 23.8. The molecule has 7 heteroatoms. The van der Waals surface area contributed by atoms with Crippen molar-refractivity contribution in [3.8, 4) is 0 Å². The molecule has 0 bridgehead atoms. The van der Waals surface area contributed by atoms with Crippen LogP contribution in [0.25, 0.3) is 0 Å². The summed E-state index contributed by atoms with van der Waals surface area (Å²) in [6, 6.07) is 3.24. The van der Waals surface area contributed by atoms with E-state index in [0.717, 1.165) is 24.8 Å². The molecule has 136 valence electrons. The molecule has 3 rings (SSSR count). The van der Waals surface area contributed by atoms with E-state index in [2.05, 4.69) is 0 Å². The van der Waals surface area contributed by atoms with E-state index in [9.17, 15) is 14.3 Å². The predicted octanol–water partition coefficient (Wildman–Crippen LogP) is 1.80. The number of nitrogens with two attached hydrogens (primary N) is 1. The van der Waals surface area contributed by atoms with Crippen LogP contribution < -0.4 is 5.73 Å². The minimum Gasteiger partial charge on any atom is -0.481 e. The van der Waals surface area contributed by atoms with Gasteiger partial charge in [0, 0.05) is 12.0 Å². The molecule has 1 fully saturated rings. The van der Waals surface area contributed by atoms with E-state index in [1.807, 2.05) is 0 Å². The van der Waals surface area contributed by atoms with E-state index in [1.165, 1.54) is 6.07 Å². The fourth-order valence-electron chi connectivity index (χ4n) is 4.51. The van der Waals surface area contributed by atoms with E-state index >= 15 is 0 Å². The number of benzene rings is 1. The van der Waals surface area contributed by atoms with Crippen LogP contribution in [0.3, 0.4) is 0 Å². The number of carbonyl (C=O) groups is 1. The minimum atomic E-state index is -1.38. The monoisotopic (exact) mass is 349 g/mol. The summed E-state index contributed by atoms with van der Waals surface area (Å²) < 4.78 is 14.7. The van der Waals surface area contributed by atoms with Crippen molar-refractivity contribution in [3.63, 3.8) is 0 Å². The highest BCUT2D eigenvalue weighted by Gasteiger charge is 2.43. The lowest BCUT2D eigenvalue weighted by molar-refractivity contribution is -0.139. The van der Waals surface area contributed by atoms with Crippen molar-refractivity contribution in [1.29, 1.82) is 0 Å². The zero-order valence-corrected chi connectivity index (χ0v) is 14.2. The maximum Gasteiger partial charge on any atom is 0.451 e. The number of rotatable bonds is 7. The van der Waals surface area contributed by atoms with Crippen LogP contribution in [-0.2, 0) is 16.6 Å². The molecule has 1 aromatic rings. The summed E-state index contributed by atoms with van der Waals surface area (Å²) in [6.45, 7) is 0.373. The van der Waals surface area contributed by atoms with Crippen LogP contribution in [0.4, 0.5) is 4.39 Å². The number of carboxylic acid groups (broad SMARTS) is 1. The fraction of sp³-hybridized carbons (Fsp3) is 0.611. The Balaban J connectivity index is 1.89. The highest BCUT2D eigenvalue weighted by Crippen LogP contribution is 2.48. The molecule has 2 unspecified atom stereocenters. The standard InChI is InChI=1S/C18H25BFNO4/c20-15-8-12-7-11(3-1-6-19(24)25)16(17(22)23)13(12)9-14(15)18(10-21)4-2-5-18/h8-9,11,16,24-25H,1-7,10,21H2,(H,22,23). The number of halogens is 1. The molecule has 2 aliphatic rings. The summed E-state index contributed by atoms with van der Waals surface area (Å²) in [7, 11) is -1.38. The van der Waals surface area contributed by atoms with Gasteiger partial charge in [0.2, 0.25) is 0 Å². The Morgan fingerprint density at radius 1 is 1.36 bits per heavy atom. The van der Waals surface area contributed by atoms with Crippen LogP contribution in [0.2, 0.25) is 6.32 Å². The number of aliphatic carboxylic acids is 1. The van der Waals surface area contributed by atoms with E-state index < -0.39 is 19.0 Å². The van der Waals surface area contributed by atoms with Gasteiger partial charge < -0.3 is 20.9 Å². The highest BCUT2D eigenvalue weighted by molar-refractivity contribution is 6.40. The lowest BCUT2D eigenvalue weighted by Gasteiger charge is -2.42. The number of carboxylic acids is 1. The third-order valence-corrected chi connectivity index (χ3v) is 6.09. The lowest BCUT2D eigenvalue weighted by Crippen LogP contribution is -2.42. The quantitative estimate of drug-likeness (QED) is 0.562. The maximum atomic E-state index is 14.7. The minimum absolute atomic E-state index is 0.142. The number of hydrogen-bond donors (Lipinski definition) is 4. The Morgan fingerprint density at radius 2 is 2.08 bits per heavy atom. The van der Waals surface area contributed by atoms with E-state index in [1.54, 1.807) is 6.07 Å². The van der Waals surface area contributed by atoms with Crippen molar-refractivity contribution in [3.05, 3.63) is 34.6 Å². The van der Waals surface area contributed by atoms with Crippen molar-refractivity contribution in [2.75, 3.05) is 6.54 Å². The van der Waals surface area contributed by atoms with E-state index in [0.29, 0.717) is 36.9 Å². The van der Waals surface area contributed by atoms with Gasteiger partial charge in [-0.3, -0.25) is 4.79 Å². The zero-order valence-electron chi connectivity index (χ0n) is 14.2. The van der Waals surface area contributed by atoms with Gasteiger partial charge >= 0.3 is 13.1 Å². The Labute approximate surface area is 147 Å². The molecule has 0 spiro atoms. The molecule has 0 saturated heterocycles. The third-order valence-electron chi connectivity index (χ3n) is 6.09. The number of fused-ring (bicyclic) bond motifs is 1. The van der Waals surface area contributed by atoms with Gasteiger partial charge in [0.25, 0.3) is 0 Å². The summed E-state index contributed by atoms with van der Waals surface area (Å²) >= 11 is 0. The molecule has 0 aliphatic heterocycles. The Morgan fingerprint density at radius 3 is 2.60 bits per heavy atom. The smallest absolute Gasteiger partial charge is 0.451 e. The summed E-state index contributed by atoms with van der Waals surface area (Å²) in [5.74, 6) is -1.99. The summed E-state index contributed by atoms with van der Waals surface area (Å²) in [6.07, 6.45) is 4.53. The second-order valence-electron chi connectivity index (χ2n) is 7.56. The molecule has 0 amide bonds. The molecule has 2 atom stereocenters. The second-order valence-corrected chi connectivity index (χ2v) is 7.56. The topological polar surface area (TPSA) is 104 Å². The molecule has 5 N–H and O–H groups in total. The average Bonchev–Trinajstić information content (AvgIpc) is 2.83. The molecule has 0 aromatic heterocycles.